The number of aromatic nitrogens is 3. The molecule has 25 heavy (non-hydrogen) atoms. The molecule has 1 atom stereocenters. The van der Waals surface area contributed by atoms with Gasteiger partial charge in [-0.3, -0.25) is 14.3 Å². The van der Waals surface area contributed by atoms with Gasteiger partial charge in [-0.1, -0.05) is 0 Å². The van der Waals surface area contributed by atoms with Crippen LogP contribution in [0.3, 0.4) is 0 Å². The number of nitrogens with zero attached hydrogens (tertiary/aromatic N) is 2. The zero-order valence-corrected chi connectivity index (χ0v) is 15.2. The highest BCUT2D eigenvalue weighted by Gasteiger charge is 2.18. The number of amides is 1. The Morgan fingerprint density at radius 1 is 1.32 bits per heavy atom. The number of carbonyl (C=O) groups excluding carboxylic acids is 1. The molecule has 1 amide bonds. The molecule has 0 spiro atoms. The summed E-state index contributed by atoms with van der Waals surface area (Å²) in [5.41, 5.74) is 3.11. The highest BCUT2D eigenvalue weighted by atomic mass is 16.1. The molecule has 1 aliphatic rings. The molecular weight excluding hydrogens is 318 g/mol. The molecule has 0 bridgehead atoms. The van der Waals surface area contributed by atoms with Gasteiger partial charge in [0.25, 0.3) is 5.56 Å². The Balaban J connectivity index is 1.71. The van der Waals surface area contributed by atoms with Crippen LogP contribution in [0.2, 0.25) is 0 Å². The lowest BCUT2D eigenvalue weighted by Gasteiger charge is -2.16. The second-order valence-electron chi connectivity index (χ2n) is 6.94. The fourth-order valence-electron chi connectivity index (χ4n) is 3.76. The standard InChI is InChI=1S/C18H27N5O2/c1-11-14(18(25)21-17-16(11)12(2)22-23(17)3)6-7-15(24)20-13-5-4-9-19-10-8-13/h13,19H,4-10H2,1-3H3,(H,20,24)(H,21,25). The fraction of sp³-hybridized carbons (Fsp3) is 0.611. The van der Waals surface area contributed by atoms with Gasteiger partial charge in [-0.15, -0.1) is 0 Å². The summed E-state index contributed by atoms with van der Waals surface area (Å²) in [6.45, 7) is 5.84. The van der Waals surface area contributed by atoms with Crippen molar-refractivity contribution in [2.75, 3.05) is 13.1 Å². The number of H-pyrrole nitrogens is 1. The van der Waals surface area contributed by atoms with Crippen molar-refractivity contribution in [3.8, 4) is 0 Å². The Hall–Kier alpha value is -2.15. The van der Waals surface area contributed by atoms with Gasteiger partial charge in [-0.2, -0.15) is 5.10 Å². The Kier molecular flexibility index (Phi) is 5.22. The SMILES string of the molecule is Cc1nn(C)c2[nH]c(=O)c(CCC(=O)NC3CCCNCC3)c(C)c12. The number of hydrogen-bond acceptors (Lipinski definition) is 4. The van der Waals surface area contributed by atoms with Crippen molar-refractivity contribution in [2.45, 2.75) is 52.0 Å². The summed E-state index contributed by atoms with van der Waals surface area (Å²) >= 11 is 0. The first-order valence-corrected chi connectivity index (χ1v) is 9.02. The van der Waals surface area contributed by atoms with Crippen molar-refractivity contribution >= 4 is 16.9 Å². The van der Waals surface area contributed by atoms with Crippen LogP contribution in [0.1, 0.15) is 42.5 Å². The minimum Gasteiger partial charge on any atom is -0.353 e. The summed E-state index contributed by atoms with van der Waals surface area (Å²) in [6, 6.07) is 0.241. The molecular formula is C18H27N5O2. The highest BCUT2D eigenvalue weighted by molar-refractivity contribution is 5.83. The summed E-state index contributed by atoms with van der Waals surface area (Å²) in [4.78, 5) is 27.6. The molecule has 1 aliphatic heterocycles. The first-order valence-electron chi connectivity index (χ1n) is 9.02. The number of carbonyl (C=O) groups is 1. The molecule has 1 saturated heterocycles. The molecule has 0 aromatic carbocycles. The van der Waals surface area contributed by atoms with E-state index in [9.17, 15) is 9.59 Å². The van der Waals surface area contributed by atoms with Crippen molar-refractivity contribution in [1.29, 1.82) is 0 Å². The lowest BCUT2D eigenvalue weighted by molar-refractivity contribution is -0.121. The zero-order chi connectivity index (χ0) is 18.0. The number of fused-ring (bicyclic) bond motifs is 1. The average molecular weight is 345 g/mol. The molecule has 7 heteroatoms. The predicted octanol–water partition coefficient (Wildman–Crippen LogP) is 1.07. The van der Waals surface area contributed by atoms with Crippen molar-refractivity contribution in [2.24, 2.45) is 7.05 Å². The summed E-state index contributed by atoms with van der Waals surface area (Å²) < 4.78 is 1.69. The van der Waals surface area contributed by atoms with E-state index in [1.165, 1.54) is 0 Å². The van der Waals surface area contributed by atoms with Crippen LogP contribution in [0.5, 0.6) is 0 Å². The quantitative estimate of drug-likeness (QED) is 0.773. The maximum absolute atomic E-state index is 12.4. The minimum absolute atomic E-state index is 0.0219. The number of rotatable bonds is 4. The third kappa shape index (κ3) is 3.76. The van der Waals surface area contributed by atoms with E-state index in [2.05, 4.69) is 20.7 Å². The van der Waals surface area contributed by atoms with Crippen molar-refractivity contribution in [3.63, 3.8) is 0 Å². The van der Waals surface area contributed by atoms with E-state index in [0.29, 0.717) is 18.4 Å². The number of pyridine rings is 1. The molecule has 1 unspecified atom stereocenters. The molecule has 7 nitrogen and oxygen atoms in total. The van der Waals surface area contributed by atoms with Crippen molar-refractivity contribution < 1.29 is 4.79 Å². The van der Waals surface area contributed by atoms with Crippen molar-refractivity contribution in [1.82, 2.24) is 25.4 Å². The second-order valence-corrected chi connectivity index (χ2v) is 6.94. The Morgan fingerprint density at radius 3 is 2.92 bits per heavy atom. The lowest BCUT2D eigenvalue weighted by Crippen LogP contribution is -2.35. The van der Waals surface area contributed by atoms with Crippen LogP contribution in [-0.2, 0) is 18.3 Å². The van der Waals surface area contributed by atoms with Crippen LogP contribution in [-0.4, -0.2) is 39.8 Å². The summed E-state index contributed by atoms with van der Waals surface area (Å²) in [5.74, 6) is 0.0219. The normalized spacial score (nSPS) is 18.3. The predicted molar refractivity (Wildman–Crippen MR) is 97.8 cm³/mol. The maximum Gasteiger partial charge on any atom is 0.253 e. The van der Waals surface area contributed by atoms with Crippen LogP contribution >= 0.6 is 0 Å². The number of hydrogen-bond donors (Lipinski definition) is 3. The molecule has 3 rings (SSSR count). The van der Waals surface area contributed by atoms with E-state index in [0.717, 1.165) is 54.6 Å². The molecule has 1 fully saturated rings. The molecule has 2 aromatic rings. The molecule has 136 valence electrons. The van der Waals surface area contributed by atoms with Gasteiger partial charge in [-0.25, -0.2) is 0 Å². The number of aromatic amines is 1. The van der Waals surface area contributed by atoms with Gasteiger partial charge in [0.2, 0.25) is 5.91 Å². The number of aryl methyl sites for hydroxylation is 3. The minimum atomic E-state index is -0.125. The Labute approximate surface area is 147 Å². The van der Waals surface area contributed by atoms with Gasteiger partial charge < -0.3 is 15.6 Å². The summed E-state index contributed by atoms with van der Waals surface area (Å²) in [6.07, 6.45) is 3.84. The van der Waals surface area contributed by atoms with Gasteiger partial charge in [0.15, 0.2) is 0 Å². The molecule has 0 aliphatic carbocycles. The van der Waals surface area contributed by atoms with Crippen molar-refractivity contribution in [3.05, 3.63) is 27.2 Å². The van der Waals surface area contributed by atoms with Gasteiger partial charge in [-0.05, 0) is 58.2 Å². The molecule has 3 heterocycles. The maximum atomic E-state index is 12.4. The Morgan fingerprint density at radius 2 is 2.12 bits per heavy atom. The van der Waals surface area contributed by atoms with E-state index in [1.54, 1.807) is 4.68 Å². The Bertz CT molecular complexity index is 828. The first kappa shape index (κ1) is 17.7. The number of nitrogens with one attached hydrogen (secondary N) is 3. The van der Waals surface area contributed by atoms with E-state index in [4.69, 9.17) is 0 Å². The summed E-state index contributed by atoms with van der Waals surface area (Å²) in [7, 11) is 1.82. The van der Waals surface area contributed by atoms with Gasteiger partial charge in [0, 0.05) is 30.5 Å². The van der Waals surface area contributed by atoms with Gasteiger partial charge in [0.05, 0.1) is 5.69 Å². The van der Waals surface area contributed by atoms with Crippen LogP contribution in [0.15, 0.2) is 4.79 Å². The van der Waals surface area contributed by atoms with E-state index >= 15 is 0 Å². The van der Waals surface area contributed by atoms with E-state index < -0.39 is 0 Å². The van der Waals surface area contributed by atoms with Crippen LogP contribution in [0.25, 0.3) is 11.0 Å². The van der Waals surface area contributed by atoms with Crippen LogP contribution in [0.4, 0.5) is 0 Å². The van der Waals surface area contributed by atoms with Crippen LogP contribution < -0.4 is 16.2 Å². The van der Waals surface area contributed by atoms with Gasteiger partial charge in [0.1, 0.15) is 5.65 Å². The van der Waals surface area contributed by atoms with Gasteiger partial charge >= 0.3 is 0 Å². The molecule has 3 N–H and O–H groups in total. The third-order valence-electron chi connectivity index (χ3n) is 5.10. The van der Waals surface area contributed by atoms with E-state index in [-0.39, 0.29) is 17.5 Å². The van der Waals surface area contributed by atoms with E-state index in [1.807, 2.05) is 20.9 Å². The summed E-state index contributed by atoms with van der Waals surface area (Å²) in [5, 5.41) is 11.8. The molecule has 2 aromatic heterocycles. The lowest BCUT2D eigenvalue weighted by atomic mass is 10.0. The largest absolute Gasteiger partial charge is 0.353 e. The second kappa shape index (κ2) is 7.39. The van der Waals surface area contributed by atoms with Crippen LogP contribution in [0, 0.1) is 13.8 Å². The molecule has 0 radical (unpaired) electrons. The first-order chi connectivity index (χ1) is 12.0. The third-order valence-corrected chi connectivity index (χ3v) is 5.10. The topological polar surface area (TPSA) is 91.8 Å². The smallest absolute Gasteiger partial charge is 0.253 e. The monoisotopic (exact) mass is 345 g/mol. The highest BCUT2D eigenvalue weighted by Crippen LogP contribution is 2.21. The fourth-order valence-corrected chi connectivity index (χ4v) is 3.76. The zero-order valence-electron chi connectivity index (χ0n) is 15.2. The molecule has 0 saturated carbocycles. The average Bonchev–Trinajstić information content (AvgIpc) is 2.74.